The van der Waals surface area contributed by atoms with Crippen LogP contribution < -0.4 is 0 Å². The summed E-state index contributed by atoms with van der Waals surface area (Å²) in [6.45, 7) is 0. The summed E-state index contributed by atoms with van der Waals surface area (Å²) in [4.78, 5) is 46.9. The van der Waals surface area contributed by atoms with Gasteiger partial charge in [-0.15, -0.1) is 0 Å². The fourth-order valence-electron chi connectivity index (χ4n) is 3.34. The van der Waals surface area contributed by atoms with E-state index in [2.05, 4.69) is 11.8 Å². The fourth-order valence-corrected chi connectivity index (χ4v) is 3.34. The molecule has 0 atom stereocenters. The standard InChI is InChI=1S/C23H34O4/c24-20-18-16-14-12-10-8-6-4-2-1-3-5-7-9-11-13-15-17-19-21(25)23(27)22(20)26/h1-16,18H2. The molecule has 4 nitrogen and oxygen atoms in total. The lowest BCUT2D eigenvalue weighted by Crippen LogP contribution is -2.29. The lowest BCUT2D eigenvalue weighted by molar-refractivity contribution is -0.147. The summed E-state index contributed by atoms with van der Waals surface area (Å²) >= 11 is 0. The fraction of sp³-hybridized carbons (Fsp3) is 0.739. The van der Waals surface area contributed by atoms with Gasteiger partial charge in [0.25, 0.3) is 17.3 Å². The van der Waals surface area contributed by atoms with Gasteiger partial charge in [0.2, 0.25) is 5.78 Å². The third-order valence-corrected chi connectivity index (χ3v) is 5.07. The van der Waals surface area contributed by atoms with E-state index in [1.165, 1.54) is 57.8 Å². The summed E-state index contributed by atoms with van der Waals surface area (Å²) < 4.78 is 0. The molecule has 0 N–H and O–H groups in total. The van der Waals surface area contributed by atoms with Crippen LogP contribution in [0.2, 0.25) is 0 Å². The van der Waals surface area contributed by atoms with Gasteiger partial charge in [-0.1, -0.05) is 89.4 Å². The molecule has 0 radical (unpaired) electrons. The molecule has 0 fully saturated rings. The number of Topliss-reactive ketones (excluding diaryl/α,β-unsaturated/α-hetero) is 4. The Balaban J connectivity index is 2.45. The van der Waals surface area contributed by atoms with Crippen LogP contribution in [0.3, 0.4) is 0 Å². The Labute approximate surface area is 163 Å². The van der Waals surface area contributed by atoms with Crippen molar-refractivity contribution in [2.75, 3.05) is 0 Å². The van der Waals surface area contributed by atoms with Crippen LogP contribution in [0.4, 0.5) is 0 Å². The summed E-state index contributed by atoms with van der Waals surface area (Å²) in [5.74, 6) is 0.599. The maximum Gasteiger partial charge on any atom is 0.285 e. The second-order valence-electron chi connectivity index (χ2n) is 7.52. The molecule has 0 amide bonds. The number of hydrogen-bond donors (Lipinski definition) is 0. The van der Waals surface area contributed by atoms with Gasteiger partial charge in [-0.3, -0.25) is 19.2 Å². The van der Waals surface area contributed by atoms with Crippen molar-refractivity contribution in [2.45, 2.75) is 109 Å². The maximum atomic E-state index is 11.8. The number of rotatable bonds is 0. The van der Waals surface area contributed by atoms with Crippen molar-refractivity contribution in [3.63, 3.8) is 0 Å². The second-order valence-corrected chi connectivity index (χ2v) is 7.52. The lowest BCUT2D eigenvalue weighted by Gasteiger charge is -2.03. The molecule has 0 spiro atoms. The monoisotopic (exact) mass is 374 g/mol. The zero-order valence-corrected chi connectivity index (χ0v) is 16.7. The first-order chi connectivity index (χ1) is 13.1. The first kappa shape index (κ1) is 23.3. The molecule has 4 heteroatoms. The van der Waals surface area contributed by atoms with E-state index in [0.29, 0.717) is 12.8 Å². The van der Waals surface area contributed by atoms with Crippen LogP contribution in [0.5, 0.6) is 0 Å². The molecule has 0 aliphatic heterocycles. The van der Waals surface area contributed by atoms with Crippen LogP contribution in [0, 0.1) is 11.8 Å². The minimum Gasteiger partial charge on any atom is -0.290 e. The molecule has 1 aliphatic rings. The van der Waals surface area contributed by atoms with Gasteiger partial charge >= 0.3 is 0 Å². The SMILES string of the molecule is O=C1C#CCCCCCCCCCCCCCCCCCC(=O)C(=O)C1=O. The van der Waals surface area contributed by atoms with Gasteiger partial charge in [0.15, 0.2) is 0 Å². The highest BCUT2D eigenvalue weighted by Crippen LogP contribution is 2.14. The zero-order valence-electron chi connectivity index (χ0n) is 16.7. The van der Waals surface area contributed by atoms with E-state index in [4.69, 9.17) is 0 Å². The van der Waals surface area contributed by atoms with Crippen molar-refractivity contribution in [2.24, 2.45) is 0 Å². The molecule has 1 rings (SSSR count). The summed E-state index contributed by atoms with van der Waals surface area (Å²) in [6, 6.07) is 0. The Kier molecular flexibility index (Phi) is 13.2. The Bertz CT molecular complexity index is 550. The summed E-state index contributed by atoms with van der Waals surface area (Å²) in [7, 11) is 0. The van der Waals surface area contributed by atoms with E-state index >= 15 is 0 Å². The molecular formula is C23H34O4. The van der Waals surface area contributed by atoms with Crippen LogP contribution in [-0.4, -0.2) is 23.1 Å². The van der Waals surface area contributed by atoms with Gasteiger partial charge in [-0.25, -0.2) is 0 Å². The minimum atomic E-state index is -1.27. The average molecular weight is 375 g/mol. The van der Waals surface area contributed by atoms with Gasteiger partial charge < -0.3 is 0 Å². The normalized spacial score (nSPS) is 21.3. The highest BCUT2D eigenvalue weighted by Gasteiger charge is 2.27. The van der Waals surface area contributed by atoms with Gasteiger partial charge in [0.1, 0.15) is 0 Å². The van der Waals surface area contributed by atoms with Crippen molar-refractivity contribution in [1.29, 1.82) is 0 Å². The Morgan fingerprint density at radius 3 is 1.37 bits per heavy atom. The summed E-state index contributed by atoms with van der Waals surface area (Å²) in [6.07, 6.45) is 17.7. The van der Waals surface area contributed by atoms with Crippen molar-refractivity contribution < 1.29 is 19.2 Å². The van der Waals surface area contributed by atoms with Crippen LogP contribution in [0.15, 0.2) is 0 Å². The summed E-state index contributed by atoms with van der Waals surface area (Å²) in [5, 5.41) is 0. The molecular weight excluding hydrogens is 340 g/mol. The van der Waals surface area contributed by atoms with E-state index in [1.807, 2.05) is 0 Å². The molecule has 0 aromatic heterocycles. The molecule has 150 valence electrons. The van der Waals surface area contributed by atoms with Crippen LogP contribution in [-0.2, 0) is 19.2 Å². The number of carbonyl (C=O) groups excluding carboxylic acids is 4. The van der Waals surface area contributed by atoms with Gasteiger partial charge in [0, 0.05) is 12.8 Å². The predicted molar refractivity (Wildman–Crippen MR) is 106 cm³/mol. The number of hydrogen-bond acceptors (Lipinski definition) is 4. The largest absolute Gasteiger partial charge is 0.290 e. The zero-order chi connectivity index (χ0) is 19.7. The first-order valence-corrected chi connectivity index (χ1v) is 10.8. The van der Waals surface area contributed by atoms with Crippen LogP contribution in [0.1, 0.15) is 109 Å². The molecule has 0 saturated carbocycles. The minimum absolute atomic E-state index is 0.0469. The molecule has 0 aromatic carbocycles. The molecule has 27 heavy (non-hydrogen) atoms. The predicted octanol–water partition coefficient (Wildman–Crippen LogP) is 4.91. The summed E-state index contributed by atoms with van der Waals surface area (Å²) in [5.41, 5.74) is 0. The van der Waals surface area contributed by atoms with E-state index in [9.17, 15) is 19.2 Å². The van der Waals surface area contributed by atoms with Gasteiger partial charge in [-0.05, 0) is 18.8 Å². The first-order valence-electron chi connectivity index (χ1n) is 10.8. The van der Waals surface area contributed by atoms with E-state index in [1.54, 1.807) is 0 Å². The molecule has 0 heterocycles. The van der Waals surface area contributed by atoms with Crippen LogP contribution >= 0.6 is 0 Å². The van der Waals surface area contributed by atoms with Gasteiger partial charge in [-0.2, -0.15) is 0 Å². The topological polar surface area (TPSA) is 68.3 Å². The molecule has 0 unspecified atom stereocenters. The Hall–Kier alpha value is -1.76. The molecule has 0 aromatic rings. The maximum absolute atomic E-state index is 11.8. The smallest absolute Gasteiger partial charge is 0.285 e. The quantitative estimate of drug-likeness (QED) is 0.343. The highest BCUT2D eigenvalue weighted by atomic mass is 16.2. The molecule has 0 saturated heterocycles. The number of carbonyl (C=O) groups is 4. The second kappa shape index (κ2) is 15.3. The Morgan fingerprint density at radius 1 is 0.481 bits per heavy atom. The van der Waals surface area contributed by atoms with E-state index in [-0.39, 0.29) is 6.42 Å². The van der Waals surface area contributed by atoms with E-state index in [0.717, 1.165) is 32.1 Å². The van der Waals surface area contributed by atoms with Crippen molar-refractivity contribution in [1.82, 2.24) is 0 Å². The van der Waals surface area contributed by atoms with Gasteiger partial charge in [0.05, 0.1) is 0 Å². The molecule has 1 aliphatic carbocycles. The van der Waals surface area contributed by atoms with E-state index < -0.39 is 23.1 Å². The Morgan fingerprint density at radius 2 is 0.889 bits per heavy atom. The average Bonchev–Trinajstić information content (AvgIpc) is 2.67. The lowest BCUT2D eigenvalue weighted by atomic mass is 10.0. The highest BCUT2D eigenvalue weighted by molar-refractivity contribution is 6.80. The third-order valence-electron chi connectivity index (χ3n) is 5.07. The molecule has 0 bridgehead atoms. The van der Waals surface area contributed by atoms with Crippen molar-refractivity contribution >= 4 is 23.1 Å². The van der Waals surface area contributed by atoms with Crippen molar-refractivity contribution in [3.05, 3.63) is 0 Å². The van der Waals surface area contributed by atoms with Crippen molar-refractivity contribution in [3.8, 4) is 11.8 Å². The van der Waals surface area contributed by atoms with Crippen LogP contribution in [0.25, 0.3) is 0 Å². The third kappa shape index (κ3) is 11.5. The number of ketones is 4.